The third-order valence-electron chi connectivity index (χ3n) is 2.67. The van der Waals surface area contributed by atoms with Crippen LogP contribution >= 0.6 is 11.3 Å². The van der Waals surface area contributed by atoms with Gasteiger partial charge in [0.05, 0.1) is 15.6 Å². The number of rotatable bonds is 4. The van der Waals surface area contributed by atoms with Gasteiger partial charge in [0.25, 0.3) is 5.91 Å². The summed E-state index contributed by atoms with van der Waals surface area (Å²) in [7, 11) is 0. The molecule has 7 nitrogen and oxygen atoms in total. The predicted molar refractivity (Wildman–Crippen MR) is 79.1 cm³/mol. The molecule has 0 aromatic carbocycles. The number of aromatic amines is 1. The van der Waals surface area contributed by atoms with Crippen molar-refractivity contribution in [1.82, 2.24) is 4.98 Å². The Balaban J connectivity index is 2.17. The molecule has 110 valence electrons. The number of carboxylic acids is 1. The summed E-state index contributed by atoms with van der Waals surface area (Å²) in [5, 5.41) is 14.8. The molecule has 8 heteroatoms. The van der Waals surface area contributed by atoms with Crippen molar-refractivity contribution < 1.29 is 19.5 Å². The number of aryl methyl sites for hydroxylation is 1. The van der Waals surface area contributed by atoms with Crippen LogP contribution in [-0.4, -0.2) is 27.9 Å². The third kappa shape index (κ3) is 3.29. The Morgan fingerprint density at radius 2 is 1.95 bits per heavy atom. The third-order valence-corrected chi connectivity index (χ3v) is 3.67. The molecule has 2 amide bonds. The van der Waals surface area contributed by atoms with Gasteiger partial charge in [0.15, 0.2) is 0 Å². The van der Waals surface area contributed by atoms with Gasteiger partial charge < -0.3 is 20.7 Å². The van der Waals surface area contributed by atoms with Crippen molar-refractivity contribution in [2.45, 2.75) is 13.8 Å². The number of aromatic nitrogens is 1. The Morgan fingerprint density at radius 3 is 2.57 bits per heavy atom. The summed E-state index contributed by atoms with van der Waals surface area (Å²) < 4.78 is 0. The molecule has 0 aliphatic carbocycles. The molecule has 0 aliphatic heterocycles. The molecule has 0 atom stereocenters. The zero-order chi connectivity index (χ0) is 15.6. The van der Waals surface area contributed by atoms with Gasteiger partial charge >= 0.3 is 5.97 Å². The largest absolute Gasteiger partial charge is 0.478 e. The second-order valence-electron chi connectivity index (χ2n) is 4.31. The van der Waals surface area contributed by atoms with E-state index in [1.165, 1.54) is 13.1 Å². The lowest BCUT2D eigenvalue weighted by Gasteiger charge is -2.03. The molecule has 0 aliphatic rings. The SMILES string of the molecule is CC(=O)Nc1ccc(C(=O)Nc2c[nH]c(C)c2C(=O)O)s1. The molecule has 0 radical (unpaired) electrons. The summed E-state index contributed by atoms with van der Waals surface area (Å²) in [5.74, 6) is -1.77. The maximum absolute atomic E-state index is 12.1. The zero-order valence-electron chi connectivity index (χ0n) is 11.3. The van der Waals surface area contributed by atoms with Crippen LogP contribution in [0, 0.1) is 6.92 Å². The number of H-pyrrole nitrogens is 1. The number of carbonyl (C=O) groups is 3. The summed E-state index contributed by atoms with van der Waals surface area (Å²) in [6, 6.07) is 3.17. The van der Waals surface area contributed by atoms with Crippen molar-refractivity contribution in [1.29, 1.82) is 0 Å². The number of aromatic carboxylic acids is 1. The van der Waals surface area contributed by atoms with E-state index in [9.17, 15) is 14.4 Å². The highest BCUT2D eigenvalue weighted by Gasteiger charge is 2.18. The molecule has 4 N–H and O–H groups in total. The summed E-state index contributed by atoms with van der Waals surface area (Å²) >= 11 is 1.11. The van der Waals surface area contributed by atoms with Crippen LogP contribution in [0.15, 0.2) is 18.3 Å². The predicted octanol–water partition coefficient (Wildman–Crippen LogP) is 2.29. The van der Waals surface area contributed by atoms with E-state index in [0.29, 0.717) is 15.6 Å². The van der Waals surface area contributed by atoms with Gasteiger partial charge in [-0.3, -0.25) is 9.59 Å². The minimum atomic E-state index is -1.12. The second-order valence-corrected chi connectivity index (χ2v) is 5.39. The Morgan fingerprint density at radius 1 is 1.24 bits per heavy atom. The van der Waals surface area contributed by atoms with Gasteiger partial charge in [0, 0.05) is 18.8 Å². The molecule has 0 unspecified atom stereocenters. The monoisotopic (exact) mass is 307 g/mol. The number of hydrogen-bond acceptors (Lipinski definition) is 4. The van der Waals surface area contributed by atoms with Crippen LogP contribution in [0.5, 0.6) is 0 Å². The molecule has 0 fully saturated rings. The van der Waals surface area contributed by atoms with Crippen LogP contribution in [-0.2, 0) is 4.79 Å². The average Bonchev–Trinajstić information content (AvgIpc) is 2.95. The smallest absolute Gasteiger partial charge is 0.339 e. The molecule has 2 aromatic heterocycles. The lowest BCUT2D eigenvalue weighted by molar-refractivity contribution is -0.114. The molecular weight excluding hydrogens is 294 g/mol. The summed E-state index contributed by atoms with van der Waals surface area (Å²) in [4.78, 5) is 37.3. The van der Waals surface area contributed by atoms with Crippen LogP contribution in [0.1, 0.15) is 32.6 Å². The molecule has 2 heterocycles. The van der Waals surface area contributed by atoms with Gasteiger partial charge in [-0.2, -0.15) is 0 Å². The number of thiophene rings is 1. The van der Waals surface area contributed by atoms with Crippen molar-refractivity contribution in [2.24, 2.45) is 0 Å². The molecule has 0 saturated heterocycles. The molecule has 2 rings (SSSR count). The maximum Gasteiger partial charge on any atom is 0.339 e. The minimum absolute atomic E-state index is 0.0296. The van der Waals surface area contributed by atoms with Crippen molar-refractivity contribution in [2.75, 3.05) is 10.6 Å². The number of anilines is 2. The summed E-state index contributed by atoms with van der Waals surface area (Å²) in [6.45, 7) is 2.99. The van der Waals surface area contributed by atoms with Crippen molar-refractivity contribution in [3.05, 3.63) is 34.5 Å². The number of hydrogen-bond donors (Lipinski definition) is 4. The second kappa shape index (κ2) is 5.80. The van der Waals surface area contributed by atoms with E-state index in [-0.39, 0.29) is 17.2 Å². The van der Waals surface area contributed by atoms with Crippen molar-refractivity contribution >= 4 is 39.8 Å². The number of carbonyl (C=O) groups excluding carboxylic acids is 2. The highest BCUT2D eigenvalue weighted by molar-refractivity contribution is 7.18. The molecule has 0 saturated carbocycles. The Hall–Kier alpha value is -2.61. The van der Waals surface area contributed by atoms with E-state index in [1.54, 1.807) is 19.1 Å². The zero-order valence-corrected chi connectivity index (χ0v) is 12.1. The van der Waals surface area contributed by atoms with E-state index in [1.807, 2.05) is 0 Å². The fraction of sp³-hybridized carbons (Fsp3) is 0.154. The highest BCUT2D eigenvalue weighted by atomic mass is 32.1. The van der Waals surface area contributed by atoms with Crippen LogP contribution < -0.4 is 10.6 Å². The maximum atomic E-state index is 12.1. The van der Waals surface area contributed by atoms with Crippen molar-refractivity contribution in [3.63, 3.8) is 0 Å². The van der Waals surface area contributed by atoms with Gasteiger partial charge in [0.2, 0.25) is 5.91 Å². The Bertz CT molecular complexity index is 717. The lowest BCUT2D eigenvalue weighted by Crippen LogP contribution is -2.12. The first-order valence-electron chi connectivity index (χ1n) is 5.98. The standard InChI is InChI=1S/C13H13N3O4S/c1-6-11(13(19)20)8(5-14-6)16-12(18)9-3-4-10(21-9)15-7(2)17/h3-5,14H,1-2H3,(H,15,17)(H,16,18)(H,19,20). The molecule has 0 bridgehead atoms. The van der Waals surface area contributed by atoms with E-state index in [2.05, 4.69) is 15.6 Å². The van der Waals surface area contributed by atoms with E-state index >= 15 is 0 Å². The van der Waals surface area contributed by atoms with Gasteiger partial charge in [-0.1, -0.05) is 0 Å². The fourth-order valence-electron chi connectivity index (χ4n) is 1.79. The first-order chi connectivity index (χ1) is 9.88. The highest BCUT2D eigenvalue weighted by Crippen LogP contribution is 2.24. The Labute approximate surface area is 124 Å². The van der Waals surface area contributed by atoms with Crippen LogP contribution in [0.3, 0.4) is 0 Å². The van der Waals surface area contributed by atoms with E-state index < -0.39 is 11.9 Å². The Kier molecular flexibility index (Phi) is 4.08. The van der Waals surface area contributed by atoms with E-state index in [0.717, 1.165) is 11.3 Å². The average molecular weight is 307 g/mol. The van der Waals surface area contributed by atoms with Crippen molar-refractivity contribution in [3.8, 4) is 0 Å². The quantitative estimate of drug-likeness (QED) is 0.694. The summed E-state index contributed by atoms with van der Waals surface area (Å²) in [5.41, 5.74) is 0.699. The first-order valence-corrected chi connectivity index (χ1v) is 6.80. The lowest BCUT2D eigenvalue weighted by atomic mass is 10.2. The van der Waals surface area contributed by atoms with Gasteiger partial charge in [-0.15, -0.1) is 11.3 Å². The molecule has 2 aromatic rings. The van der Waals surface area contributed by atoms with E-state index in [4.69, 9.17) is 5.11 Å². The summed E-state index contributed by atoms with van der Waals surface area (Å²) in [6.07, 6.45) is 1.43. The first kappa shape index (κ1) is 14.8. The normalized spacial score (nSPS) is 10.2. The fourth-order valence-corrected chi connectivity index (χ4v) is 2.63. The van der Waals surface area contributed by atoms with Gasteiger partial charge in [0.1, 0.15) is 5.56 Å². The molecule has 0 spiro atoms. The van der Waals surface area contributed by atoms with Crippen LogP contribution in [0.25, 0.3) is 0 Å². The number of nitrogens with one attached hydrogen (secondary N) is 3. The minimum Gasteiger partial charge on any atom is -0.478 e. The molecule has 21 heavy (non-hydrogen) atoms. The topological polar surface area (TPSA) is 111 Å². The van der Waals surface area contributed by atoms with Crippen LogP contribution in [0.2, 0.25) is 0 Å². The number of carboxylic acid groups (broad SMARTS) is 1. The molecular formula is C13H13N3O4S. The number of amides is 2. The van der Waals surface area contributed by atoms with Crippen LogP contribution in [0.4, 0.5) is 10.7 Å². The van der Waals surface area contributed by atoms with Gasteiger partial charge in [-0.25, -0.2) is 4.79 Å². The van der Waals surface area contributed by atoms with Gasteiger partial charge in [-0.05, 0) is 19.1 Å².